The molecular weight excluding hydrogens is 219 g/mol. The average molecular weight is 228 g/mol. The number of pyridine rings is 1. The largest absolute Gasteiger partial charge is 0.437 e. The number of hydrogen-bond acceptors (Lipinski definition) is 3. The maximum absolute atomic E-state index is 12.9. The molecule has 17 heavy (non-hydrogen) atoms. The van der Waals surface area contributed by atoms with Crippen LogP contribution in [0.5, 0.6) is 11.6 Å². The Morgan fingerprint density at radius 1 is 1.35 bits per heavy atom. The second-order valence-electron chi connectivity index (χ2n) is 3.48. The van der Waals surface area contributed by atoms with Crippen LogP contribution in [0.4, 0.5) is 4.39 Å². The van der Waals surface area contributed by atoms with Gasteiger partial charge in [0.1, 0.15) is 23.2 Å². The predicted molar refractivity (Wildman–Crippen MR) is 60.2 cm³/mol. The maximum Gasteiger partial charge on any atom is 0.237 e. The van der Waals surface area contributed by atoms with E-state index in [9.17, 15) is 4.39 Å². The summed E-state index contributed by atoms with van der Waals surface area (Å²) in [7, 11) is 0. The van der Waals surface area contributed by atoms with Gasteiger partial charge in [0.05, 0.1) is 0 Å². The number of aromatic nitrogens is 1. The second-order valence-corrected chi connectivity index (χ2v) is 3.48. The predicted octanol–water partition coefficient (Wildman–Crippen LogP) is 3.19. The van der Waals surface area contributed by atoms with Crippen molar-refractivity contribution in [1.82, 2.24) is 4.98 Å². The van der Waals surface area contributed by atoms with Crippen molar-refractivity contribution in [3.63, 3.8) is 0 Å². The van der Waals surface area contributed by atoms with Gasteiger partial charge in [0, 0.05) is 6.20 Å². The van der Waals surface area contributed by atoms with Crippen molar-refractivity contribution in [2.45, 2.75) is 6.92 Å². The third kappa shape index (κ3) is 2.40. The fourth-order valence-electron chi connectivity index (χ4n) is 1.39. The van der Waals surface area contributed by atoms with E-state index < -0.39 is 0 Å². The lowest BCUT2D eigenvalue weighted by Crippen LogP contribution is -1.93. The highest BCUT2D eigenvalue weighted by Crippen LogP contribution is 2.25. The number of halogens is 1. The molecule has 0 aliphatic heterocycles. The normalized spacial score (nSPS) is 9.71. The summed E-state index contributed by atoms with van der Waals surface area (Å²) in [4.78, 5) is 3.97. The topological polar surface area (TPSA) is 45.9 Å². The van der Waals surface area contributed by atoms with E-state index in [1.807, 2.05) is 6.07 Å². The van der Waals surface area contributed by atoms with Crippen molar-refractivity contribution in [3.05, 3.63) is 53.5 Å². The summed E-state index contributed by atoms with van der Waals surface area (Å²) >= 11 is 0. The van der Waals surface area contributed by atoms with Crippen LogP contribution in [-0.4, -0.2) is 4.98 Å². The lowest BCUT2D eigenvalue weighted by Gasteiger charge is -2.08. The van der Waals surface area contributed by atoms with Gasteiger partial charge in [-0.2, -0.15) is 5.26 Å². The molecule has 2 aromatic rings. The van der Waals surface area contributed by atoms with Gasteiger partial charge in [0.15, 0.2) is 0 Å². The molecule has 0 aliphatic carbocycles. The van der Waals surface area contributed by atoms with Crippen LogP contribution in [-0.2, 0) is 0 Å². The van der Waals surface area contributed by atoms with Crippen molar-refractivity contribution in [1.29, 1.82) is 5.26 Å². The molecule has 1 heterocycles. The van der Waals surface area contributed by atoms with Crippen LogP contribution in [0.1, 0.15) is 11.1 Å². The van der Waals surface area contributed by atoms with Crippen LogP contribution >= 0.6 is 0 Å². The zero-order chi connectivity index (χ0) is 12.3. The number of nitrogens with zero attached hydrogens (tertiary/aromatic N) is 2. The smallest absolute Gasteiger partial charge is 0.237 e. The molecule has 0 aliphatic rings. The molecule has 0 saturated heterocycles. The van der Waals surface area contributed by atoms with Crippen LogP contribution < -0.4 is 4.74 Å². The molecule has 0 unspecified atom stereocenters. The Kier molecular flexibility index (Phi) is 3.01. The standard InChI is InChI=1S/C13H9FN2O/c1-9-7-11(14)4-5-12(9)17-13-10(8-15)3-2-6-16-13/h2-7H,1H3. The number of aryl methyl sites for hydroxylation is 1. The van der Waals surface area contributed by atoms with Crippen LogP contribution in [0.15, 0.2) is 36.5 Å². The van der Waals surface area contributed by atoms with Gasteiger partial charge in [0.25, 0.3) is 0 Å². The number of benzene rings is 1. The quantitative estimate of drug-likeness (QED) is 0.792. The zero-order valence-electron chi connectivity index (χ0n) is 9.14. The fourth-order valence-corrected chi connectivity index (χ4v) is 1.39. The van der Waals surface area contributed by atoms with E-state index in [1.165, 1.54) is 24.4 Å². The van der Waals surface area contributed by atoms with E-state index in [4.69, 9.17) is 10.00 Å². The Balaban J connectivity index is 2.35. The maximum atomic E-state index is 12.9. The van der Waals surface area contributed by atoms with E-state index >= 15 is 0 Å². The van der Waals surface area contributed by atoms with Crippen molar-refractivity contribution >= 4 is 0 Å². The highest BCUT2D eigenvalue weighted by molar-refractivity contribution is 5.42. The zero-order valence-corrected chi connectivity index (χ0v) is 9.14. The molecule has 0 atom stereocenters. The van der Waals surface area contributed by atoms with Gasteiger partial charge in [-0.15, -0.1) is 0 Å². The first kappa shape index (κ1) is 11.1. The molecule has 0 N–H and O–H groups in total. The lowest BCUT2D eigenvalue weighted by atomic mass is 10.2. The second kappa shape index (κ2) is 4.62. The van der Waals surface area contributed by atoms with E-state index in [0.717, 1.165) is 0 Å². The third-order valence-electron chi connectivity index (χ3n) is 2.24. The number of ether oxygens (including phenoxy) is 1. The average Bonchev–Trinajstić information content (AvgIpc) is 2.33. The van der Waals surface area contributed by atoms with Crippen LogP contribution in [0.2, 0.25) is 0 Å². The molecule has 0 fully saturated rings. The molecule has 0 spiro atoms. The minimum atomic E-state index is -0.323. The Hall–Kier alpha value is -2.41. The van der Waals surface area contributed by atoms with Crippen molar-refractivity contribution in [3.8, 4) is 17.7 Å². The van der Waals surface area contributed by atoms with E-state index in [2.05, 4.69) is 4.98 Å². The molecule has 0 radical (unpaired) electrons. The third-order valence-corrected chi connectivity index (χ3v) is 2.24. The fraction of sp³-hybridized carbons (Fsp3) is 0.0769. The highest BCUT2D eigenvalue weighted by atomic mass is 19.1. The van der Waals surface area contributed by atoms with Crippen LogP contribution in [0, 0.1) is 24.1 Å². The molecular formula is C13H9FN2O. The van der Waals surface area contributed by atoms with Crippen LogP contribution in [0.25, 0.3) is 0 Å². The summed E-state index contributed by atoms with van der Waals surface area (Å²) < 4.78 is 18.4. The molecule has 2 rings (SSSR count). The highest BCUT2D eigenvalue weighted by Gasteiger charge is 2.07. The summed E-state index contributed by atoms with van der Waals surface area (Å²) in [6, 6.07) is 9.44. The van der Waals surface area contributed by atoms with Gasteiger partial charge in [-0.1, -0.05) is 0 Å². The van der Waals surface area contributed by atoms with Gasteiger partial charge in [-0.05, 0) is 42.8 Å². The van der Waals surface area contributed by atoms with Gasteiger partial charge in [-0.3, -0.25) is 0 Å². The molecule has 1 aromatic carbocycles. The number of rotatable bonds is 2. The molecule has 3 nitrogen and oxygen atoms in total. The summed E-state index contributed by atoms with van der Waals surface area (Å²) in [6.07, 6.45) is 1.54. The molecule has 0 bridgehead atoms. The Morgan fingerprint density at radius 3 is 2.88 bits per heavy atom. The Labute approximate surface area is 98.1 Å². The molecule has 84 valence electrons. The summed E-state index contributed by atoms with van der Waals surface area (Å²) in [6.45, 7) is 1.73. The molecule has 4 heteroatoms. The molecule has 0 saturated carbocycles. The minimum absolute atomic E-state index is 0.227. The van der Waals surface area contributed by atoms with Crippen molar-refractivity contribution in [2.24, 2.45) is 0 Å². The molecule has 0 amide bonds. The van der Waals surface area contributed by atoms with E-state index in [0.29, 0.717) is 16.9 Å². The number of hydrogen-bond donors (Lipinski definition) is 0. The van der Waals surface area contributed by atoms with Crippen molar-refractivity contribution < 1.29 is 9.13 Å². The number of nitriles is 1. The van der Waals surface area contributed by atoms with Gasteiger partial charge < -0.3 is 4.74 Å². The first-order chi connectivity index (χ1) is 8.20. The van der Waals surface area contributed by atoms with Gasteiger partial charge in [-0.25, -0.2) is 9.37 Å². The first-order valence-corrected chi connectivity index (χ1v) is 5.00. The van der Waals surface area contributed by atoms with E-state index in [-0.39, 0.29) is 11.7 Å². The van der Waals surface area contributed by atoms with Gasteiger partial charge >= 0.3 is 0 Å². The summed E-state index contributed by atoms with van der Waals surface area (Å²) in [5.41, 5.74) is 0.996. The molecule has 1 aromatic heterocycles. The monoisotopic (exact) mass is 228 g/mol. The Morgan fingerprint density at radius 2 is 2.18 bits per heavy atom. The Bertz CT molecular complexity index is 590. The SMILES string of the molecule is Cc1cc(F)ccc1Oc1ncccc1C#N. The minimum Gasteiger partial charge on any atom is -0.437 e. The van der Waals surface area contributed by atoms with Crippen molar-refractivity contribution in [2.75, 3.05) is 0 Å². The first-order valence-electron chi connectivity index (χ1n) is 5.00. The van der Waals surface area contributed by atoms with E-state index in [1.54, 1.807) is 19.1 Å². The summed E-state index contributed by atoms with van der Waals surface area (Å²) in [5, 5.41) is 8.88. The van der Waals surface area contributed by atoms with Crippen LogP contribution in [0.3, 0.4) is 0 Å². The summed E-state index contributed by atoms with van der Waals surface area (Å²) in [5.74, 6) is 0.391. The lowest BCUT2D eigenvalue weighted by molar-refractivity contribution is 0.456. The van der Waals surface area contributed by atoms with Gasteiger partial charge in [0.2, 0.25) is 5.88 Å².